The van der Waals surface area contributed by atoms with Crippen LogP contribution in [0.25, 0.3) is 11.2 Å². The van der Waals surface area contributed by atoms with Crippen LogP contribution in [-0.2, 0) is 4.74 Å². The maximum absolute atomic E-state index is 13.9. The molecule has 4 atom stereocenters. The molecule has 3 heterocycles. The lowest BCUT2D eigenvalue weighted by molar-refractivity contribution is -0.0288. The molecule has 0 bridgehead atoms. The van der Waals surface area contributed by atoms with E-state index in [1.165, 1.54) is 30.7 Å². The van der Waals surface area contributed by atoms with Crippen molar-refractivity contribution in [3.63, 3.8) is 0 Å². The minimum Gasteiger partial charge on any atom is -0.387 e. The van der Waals surface area contributed by atoms with Crippen LogP contribution in [0.4, 0.5) is 9.81 Å². The zero-order chi connectivity index (χ0) is 21.4. The van der Waals surface area contributed by atoms with Gasteiger partial charge < -0.3 is 20.3 Å². The molecule has 3 N–H and O–H groups in total. The van der Waals surface area contributed by atoms with E-state index >= 15 is 0 Å². The second-order valence-corrected chi connectivity index (χ2v) is 9.96. The lowest BCUT2D eigenvalue weighted by Gasteiger charge is -2.17. The summed E-state index contributed by atoms with van der Waals surface area (Å²) in [5.41, 5.74) is 2.37. The first kappa shape index (κ1) is 21.1. The van der Waals surface area contributed by atoms with Gasteiger partial charge in [0, 0.05) is 16.7 Å². The van der Waals surface area contributed by atoms with Gasteiger partial charge in [-0.05, 0) is 33.2 Å². The topological polar surface area (TPSA) is 92.4 Å². The molecule has 0 radical (unpaired) electrons. The van der Waals surface area contributed by atoms with Gasteiger partial charge in [-0.25, -0.2) is 14.4 Å². The average molecular weight is 462 g/mol. The predicted octanol–water partition coefficient (Wildman–Crippen LogP) is 3.92. The van der Waals surface area contributed by atoms with E-state index in [4.69, 9.17) is 4.74 Å². The van der Waals surface area contributed by atoms with Gasteiger partial charge >= 0.3 is 0 Å². The van der Waals surface area contributed by atoms with Crippen molar-refractivity contribution in [2.24, 2.45) is 0 Å². The molecule has 1 saturated carbocycles. The molecule has 1 aliphatic heterocycles. The summed E-state index contributed by atoms with van der Waals surface area (Å²) < 4.78 is 21.6. The Morgan fingerprint density at radius 2 is 2.00 bits per heavy atom. The largest absolute Gasteiger partial charge is 0.387 e. The third-order valence-electron chi connectivity index (χ3n) is 5.91. The van der Waals surface area contributed by atoms with Gasteiger partial charge in [0.25, 0.3) is 0 Å². The Morgan fingerprint density at radius 1 is 1.19 bits per heavy atom. The summed E-state index contributed by atoms with van der Waals surface area (Å²) in [6, 6.07) is 6.94. The van der Waals surface area contributed by atoms with Crippen LogP contribution >= 0.6 is 20.0 Å². The molecule has 1 aliphatic carbocycles. The van der Waals surface area contributed by atoms with Gasteiger partial charge in [-0.2, -0.15) is 0 Å². The Hall–Kier alpha value is -1.77. The number of nitrogens with zero attached hydrogens (tertiary/aromatic N) is 3. The summed E-state index contributed by atoms with van der Waals surface area (Å²) in [7, 11) is 0.964. The van der Waals surface area contributed by atoms with Crippen LogP contribution in [0.5, 0.6) is 0 Å². The maximum Gasteiger partial charge on any atom is 0.165 e. The van der Waals surface area contributed by atoms with E-state index in [0.717, 1.165) is 32.0 Å². The molecule has 10 heteroatoms. The van der Waals surface area contributed by atoms with Crippen LogP contribution in [-0.4, -0.2) is 54.9 Å². The average Bonchev–Trinajstić information content (AvgIpc) is 3.50. The Labute approximate surface area is 185 Å². The van der Waals surface area contributed by atoms with Crippen LogP contribution in [0.3, 0.4) is 0 Å². The van der Waals surface area contributed by atoms with Crippen LogP contribution < -0.4 is 5.32 Å². The van der Waals surface area contributed by atoms with Crippen LogP contribution in [0, 0.1) is 5.82 Å². The monoisotopic (exact) mass is 462 g/mol. The van der Waals surface area contributed by atoms with E-state index in [9.17, 15) is 14.6 Å². The van der Waals surface area contributed by atoms with Gasteiger partial charge in [0.05, 0.1) is 23.8 Å². The van der Waals surface area contributed by atoms with Crippen molar-refractivity contribution in [2.45, 2.75) is 61.2 Å². The van der Waals surface area contributed by atoms with Gasteiger partial charge in [-0.1, -0.05) is 25.0 Å². The summed E-state index contributed by atoms with van der Waals surface area (Å²) in [5.74, 6) is 1.81. The van der Waals surface area contributed by atoms with Crippen molar-refractivity contribution in [1.82, 2.24) is 14.5 Å². The fourth-order valence-electron chi connectivity index (χ4n) is 4.24. The summed E-state index contributed by atoms with van der Waals surface area (Å²) in [6.07, 6.45) is 2.72. The molecule has 1 unspecified atom stereocenters. The SMILES string of the molecule is O[C@@H]1[C@@H](CSc2ccccc2F)OC(n2cnc3c(NC4CCCC4)pcnc32)[C@@H]1O. The van der Waals surface area contributed by atoms with Crippen LogP contribution in [0.2, 0.25) is 0 Å². The first-order valence-corrected chi connectivity index (χ1v) is 12.4. The molecule has 2 fully saturated rings. The van der Waals surface area contributed by atoms with E-state index in [1.54, 1.807) is 35.0 Å². The van der Waals surface area contributed by atoms with Crippen molar-refractivity contribution in [3.8, 4) is 0 Å². The normalized spacial score (nSPS) is 26.9. The fraction of sp³-hybridized carbons (Fsp3) is 0.476. The second-order valence-electron chi connectivity index (χ2n) is 7.96. The number of hydrogen-bond acceptors (Lipinski definition) is 7. The van der Waals surface area contributed by atoms with Crippen molar-refractivity contribution >= 4 is 36.5 Å². The first-order chi connectivity index (χ1) is 15.1. The van der Waals surface area contributed by atoms with Gasteiger partial charge in [-0.15, -0.1) is 11.8 Å². The summed E-state index contributed by atoms with van der Waals surface area (Å²) in [4.78, 5) is 9.50. The lowest BCUT2D eigenvalue weighted by atomic mass is 10.1. The molecule has 2 aliphatic rings. The molecule has 0 spiro atoms. The number of benzene rings is 1. The number of aliphatic hydroxyl groups excluding tert-OH is 2. The lowest BCUT2D eigenvalue weighted by Crippen LogP contribution is -2.32. The number of rotatable bonds is 6. The Morgan fingerprint density at radius 3 is 2.81 bits per heavy atom. The number of imidazole rings is 1. The van der Waals surface area contributed by atoms with Gasteiger partial charge in [0.15, 0.2) is 11.9 Å². The number of halogens is 1. The molecular formula is C21H24FN4O3PS. The molecular weight excluding hydrogens is 438 g/mol. The van der Waals surface area contributed by atoms with Gasteiger partial charge in [0.1, 0.15) is 23.5 Å². The number of aromatic nitrogens is 3. The summed E-state index contributed by atoms with van der Waals surface area (Å²) in [5, 5.41) is 24.8. The molecule has 2 aromatic heterocycles. The van der Waals surface area contributed by atoms with Gasteiger partial charge in [-0.3, -0.25) is 4.57 Å². The van der Waals surface area contributed by atoms with Crippen molar-refractivity contribution in [2.75, 3.05) is 11.1 Å². The maximum atomic E-state index is 13.9. The number of fused-ring (bicyclic) bond motifs is 1. The van der Waals surface area contributed by atoms with Gasteiger partial charge in [0.2, 0.25) is 0 Å². The second kappa shape index (κ2) is 9.00. The van der Waals surface area contributed by atoms with E-state index in [0.29, 0.717) is 22.3 Å². The highest BCUT2D eigenvalue weighted by Gasteiger charge is 2.44. The summed E-state index contributed by atoms with van der Waals surface area (Å²) >= 11 is 1.26. The molecule has 0 amide bonds. The number of thioether (sulfide) groups is 1. The minimum absolute atomic E-state index is 0.313. The number of anilines is 1. The standard InChI is InChI=1S/C21H24FN4O3PS/c22-13-7-3-4-8-15(13)31-9-14-17(27)18(28)21(29-14)26-10-23-16-19(26)24-11-30-20(16)25-12-5-1-2-6-12/h3-4,7-8,10-12,14,17-18,21,27-28H,1-2,5-6,9H2,(H,24,25)/t14-,17-,18-,21?/m1/s1. The number of hydrogen-bond donors (Lipinski definition) is 3. The van der Waals surface area contributed by atoms with E-state index in [-0.39, 0.29) is 5.82 Å². The van der Waals surface area contributed by atoms with Crippen LogP contribution in [0.15, 0.2) is 41.4 Å². The van der Waals surface area contributed by atoms with Crippen molar-refractivity contribution in [1.29, 1.82) is 0 Å². The number of ether oxygens (including phenoxy) is 1. The highest BCUT2D eigenvalue weighted by Crippen LogP contribution is 2.37. The molecule has 164 valence electrons. The molecule has 31 heavy (non-hydrogen) atoms. The molecule has 7 nitrogen and oxygen atoms in total. The smallest absolute Gasteiger partial charge is 0.165 e. The van der Waals surface area contributed by atoms with Crippen molar-refractivity contribution < 1.29 is 19.3 Å². The summed E-state index contributed by atoms with van der Waals surface area (Å²) in [6.45, 7) is 0. The fourth-order valence-corrected chi connectivity index (χ4v) is 6.06. The zero-order valence-electron chi connectivity index (χ0n) is 16.8. The Kier molecular flexibility index (Phi) is 6.12. The number of nitrogens with one attached hydrogen (secondary N) is 1. The zero-order valence-corrected chi connectivity index (χ0v) is 18.5. The Balaban J connectivity index is 1.34. The minimum atomic E-state index is -1.13. The first-order valence-electron chi connectivity index (χ1n) is 10.4. The molecule has 1 saturated heterocycles. The quantitative estimate of drug-likeness (QED) is 0.478. The number of aliphatic hydroxyl groups is 2. The molecule has 3 aromatic rings. The molecule has 5 rings (SSSR count). The van der Waals surface area contributed by atoms with Crippen molar-refractivity contribution in [3.05, 3.63) is 42.3 Å². The predicted molar refractivity (Wildman–Crippen MR) is 119 cm³/mol. The molecule has 1 aromatic carbocycles. The highest BCUT2D eigenvalue weighted by molar-refractivity contribution is 7.99. The van der Waals surface area contributed by atoms with E-state index < -0.39 is 24.5 Å². The van der Waals surface area contributed by atoms with E-state index in [1.807, 2.05) is 0 Å². The highest BCUT2D eigenvalue weighted by atomic mass is 32.2. The third kappa shape index (κ3) is 4.17. The Bertz CT molecular complexity index is 1060. The van der Waals surface area contributed by atoms with Crippen LogP contribution in [0.1, 0.15) is 31.9 Å². The third-order valence-corrected chi connectivity index (χ3v) is 7.87. The van der Waals surface area contributed by atoms with E-state index in [2.05, 4.69) is 15.3 Å².